The first-order valence-corrected chi connectivity index (χ1v) is 6.66. The third-order valence-corrected chi connectivity index (χ3v) is 3.32. The van der Waals surface area contributed by atoms with Crippen LogP contribution in [0.2, 0.25) is 10.0 Å². The van der Waals surface area contributed by atoms with Gasteiger partial charge in [-0.05, 0) is 24.1 Å². The van der Waals surface area contributed by atoms with Crippen LogP contribution in [0.25, 0.3) is 0 Å². The van der Waals surface area contributed by atoms with Gasteiger partial charge in [0.15, 0.2) is 0 Å². The van der Waals surface area contributed by atoms with Crippen LogP contribution in [0.3, 0.4) is 0 Å². The molecule has 0 aliphatic heterocycles. The summed E-state index contributed by atoms with van der Waals surface area (Å²) in [4.78, 5) is 22.8. The Hall–Kier alpha value is -1.26. The van der Waals surface area contributed by atoms with E-state index in [1.165, 1.54) is 0 Å². The van der Waals surface area contributed by atoms with E-state index in [0.717, 1.165) is 0 Å². The van der Waals surface area contributed by atoms with E-state index < -0.39 is 17.9 Å². The number of carbonyl (C=O) groups excluding carboxylic acids is 1. The van der Waals surface area contributed by atoms with Crippen molar-refractivity contribution < 1.29 is 14.7 Å². The molecule has 4 nitrogen and oxygen atoms in total. The summed E-state index contributed by atoms with van der Waals surface area (Å²) in [7, 11) is 0. The third-order valence-electron chi connectivity index (χ3n) is 2.61. The monoisotopic (exact) mass is 303 g/mol. The van der Waals surface area contributed by atoms with Gasteiger partial charge in [0.25, 0.3) is 0 Å². The van der Waals surface area contributed by atoms with Gasteiger partial charge in [-0.25, -0.2) is 4.79 Å². The Morgan fingerprint density at radius 2 is 1.89 bits per heavy atom. The van der Waals surface area contributed by atoms with Crippen molar-refractivity contribution in [2.45, 2.75) is 32.2 Å². The van der Waals surface area contributed by atoms with Crippen LogP contribution in [0.5, 0.6) is 0 Å². The number of halogens is 2. The highest BCUT2D eigenvalue weighted by Gasteiger charge is 2.20. The summed E-state index contributed by atoms with van der Waals surface area (Å²) in [6.07, 6.45) is 1.02. The SMILES string of the molecule is CCCC(NC(=O)Cc1c(Cl)cccc1Cl)C(=O)O. The number of carboxylic acid groups (broad SMARTS) is 1. The minimum Gasteiger partial charge on any atom is -0.480 e. The molecule has 1 aromatic rings. The maximum atomic E-state index is 11.8. The van der Waals surface area contributed by atoms with Gasteiger partial charge in [0.1, 0.15) is 6.04 Å². The Labute approximate surface area is 121 Å². The van der Waals surface area contributed by atoms with E-state index in [1.807, 2.05) is 6.92 Å². The van der Waals surface area contributed by atoms with Gasteiger partial charge in [-0.3, -0.25) is 4.79 Å². The largest absolute Gasteiger partial charge is 0.480 e. The Bertz CT molecular complexity index is 457. The van der Waals surface area contributed by atoms with E-state index >= 15 is 0 Å². The molecule has 0 spiro atoms. The van der Waals surface area contributed by atoms with E-state index in [9.17, 15) is 9.59 Å². The molecule has 1 rings (SSSR count). The van der Waals surface area contributed by atoms with Crippen LogP contribution in [0.1, 0.15) is 25.3 Å². The normalized spacial score (nSPS) is 11.9. The van der Waals surface area contributed by atoms with Crippen molar-refractivity contribution in [2.24, 2.45) is 0 Å². The van der Waals surface area contributed by atoms with E-state index in [4.69, 9.17) is 28.3 Å². The van der Waals surface area contributed by atoms with Crippen LogP contribution in [-0.4, -0.2) is 23.0 Å². The predicted octanol–water partition coefficient (Wildman–Crippen LogP) is 2.91. The van der Waals surface area contributed by atoms with E-state index in [-0.39, 0.29) is 6.42 Å². The highest BCUT2D eigenvalue weighted by atomic mass is 35.5. The van der Waals surface area contributed by atoms with Crippen molar-refractivity contribution in [3.05, 3.63) is 33.8 Å². The standard InChI is InChI=1S/C13H15Cl2NO3/c1-2-4-11(13(18)19)16-12(17)7-8-9(14)5-3-6-10(8)15/h3,5-6,11H,2,4,7H2,1H3,(H,16,17)(H,18,19). The zero-order valence-corrected chi connectivity index (χ0v) is 12.0. The first-order chi connectivity index (χ1) is 8.95. The smallest absolute Gasteiger partial charge is 0.326 e. The maximum Gasteiger partial charge on any atom is 0.326 e. The van der Waals surface area contributed by atoms with Gasteiger partial charge in [0, 0.05) is 10.0 Å². The molecule has 104 valence electrons. The molecule has 1 unspecified atom stereocenters. The number of carboxylic acids is 1. The summed E-state index contributed by atoms with van der Waals surface area (Å²) < 4.78 is 0. The lowest BCUT2D eigenvalue weighted by molar-refractivity contribution is -0.141. The van der Waals surface area contributed by atoms with Crippen LogP contribution in [0.15, 0.2) is 18.2 Å². The average molecular weight is 304 g/mol. The van der Waals surface area contributed by atoms with Crippen molar-refractivity contribution in [2.75, 3.05) is 0 Å². The third kappa shape index (κ3) is 4.73. The number of hydrogen-bond acceptors (Lipinski definition) is 2. The molecular formula is C13H15Cl2NO3. The average Bonchev–Trinajstić information content (AvgIpc) is 2.33. The molecule has 0 bridgehead atoms. The first kappa shape index (κ1) is 15.8. The van der Waals surface area contributed by atoms with Crippen LogP contribution in [0, 0.1) is 0 Å². The van der Waals surface area contributed by atoms with Crippen LogP contribution in [0.4, 0.5) is 0 Å². The fourth-order valence-corrected chi connectivity index (χ4v) is 2.18. The van der Waals surface area contributed by atoms with E-state index in [2.05, 4.69) is 5.32 Å². The van der Waals surface area contributed by atoms with Gasteiger partial charge in [-0.1, -0.05) is 42.6 Å². The number of aliphatic carboxylic acids is 1. The van der Waals surface area contributed by atoms with Gasteiger partial charge in [-0.15, -0.1) is 0 Å². The van der Waals surface area contributed by atoms with Crippen molar-refractivity contribution >= 4 is 35.1 Å². The lowest BCUT2D eigenvalue weighted by Crippen LogP contribution is -2.41. The molecule has 0 saturated carbocycles. The first-order valence-electron chi connectivity index (χ1n) is 5.90. The van der Waals surface area contributed by atoms with Crippen molar-refractivity contribution in [3.63, 3.8) is 0 Å². The molecule has 0 heterocycles. The van der Waals surface area contributed by atoms with Crippen molar-refractivity contribution in [1.29, 1.82) is 0 Å². The molecular weight excluding hydrogens is 289 g/mol. The lowest BCUT2D eigenvalue weighted by Gasteiger charge is -2.14. The number of nitrogens with one attached hydrogen (secondary N) is 1. The number of rotatable bonds is 6. The molecule has 1 atom stereocenters. The second-order valence-electron chi connectivity index (χ2n) is 4.12. The van der Waals surface area contributed by atoms with Crippen LogP contribution >= 0.6 is 23.2 Å². The quantitative estimate of drug-likeness (QED) is 0.849. The second kappa shape index (κ2) is 7.36. The molecule has 0 radical (unpaired) electrons. The summed E-state index contributed by atoms with van der Waals surface area (Å²) >= 11 is 11.9. The summed E-state index contributed by atoms with van der Waals surface area (Å²) in [5.74, 6) is -1.45. The van der Waals surface area contributed by atoms with Gasteiger partial charge < -0.3 is 10.4 Å². The number of hydrogen-bond donors (Lipinski definition) is 2. The zero-order valence-electron chi connectivity index (χ0n) is 10.5. The van der Waals surface area contributed by atoms with Gasteiger partial charge in [-0.2, -0.15) is 0 Å². The Balaban J connectivity index is 2.72. The van der Waals surface area contributed by atoms with Gasteiger partial charge in [0.2, 0.25) is 5.91 Å². The van der Waals surface area contributed by atoms with Gasteiger partial charge >= 0.3 is 5.97 Å². The van der Waals surface area contributed by atoms with E-state index in [1.54, 1.807) is 18.2 Å². The molecule has 0 aromatic heterocycles. The molecule has 6 heteroatoms. The molecule has 19 heavy (non-hydrogen) atoms. The molecule has 1 aromatic carbocycles. The van der Waals surface area contributed by atoms with Crippen molar-refractivity contribution in [1.82, 2.24) is 5.32 Å². The zero-order chi connectivity index (χ0) is 14.4. The minimum atomic E-state index is -1.04. The summed E-state index contributed by atoms with van der Waals surface area (Å²) in [6.45, 7) is 1.85. The second-order valence-corrected chi connectivity index (χ2v) is 4.94. The Kier molecular flexibility index (Phi) is 6.12. The predicted molar refractivity (Wildman–Crippen MR) is 74.6 cm³/mol. The fraction of sp³-hybridized carbons (Fsp3) is 0.385. The number of carbonyl (C=O) groups is 2. The summed E-state index contributed by atoms with van der Waals surface area (Å²) in [6, 6.07) is 4.08. The molecule has 0 aliphatic rings. The van der Waals surface area contributed by atoms with Crippen LogP contribution in [-0.2, 0) is 16.0 Å². The van der Waals surface area contributed by atoms with E-state index in [0.29, 0.717) is 28.5 Å². The number of amides is 1. The van der Waals surface area contributed by atoms with Crippen LogP contribution < -0.4 is 5.32 Å². The molecule has 0 fully saturated rings. The summed E-state index contributed by atoms with van der Waals surface area (Å²) in [5.41, 5.74) is 0.504. The maximum absolute atomic E-state index is 11.8. The minimum absolute atomic E-state index is 0.0357. The molecule has 1 amide bonds. The van der Waals surface area contributed by atoms with Crippen molar-refractivity contribution in [3.8, 4) is 0 Å². The lowest BCUT2D eigenvalue weighted by atomic mass is 10.1. The Morgan fingerprint density at radius 1 is 1.32 bits per heavy atom. The molecule has 2 N–H and O–H groups in total. The Morgan fingerprint density at radius 3 is 2.37 bits per heavy atom. The van der Waals surface area contributed by atoms with Gasteiger partial charge in [0.05, 0.1) is 6.42 Å². The highest BCUT2D eigenvalue weighted by molar-refractivity contribution is 6.36. The number of benzene rings is 1. The molecule has 0 saturated heterocycles. The highest BCUT2D eigenvalue weighted by Crippen LogP contribution is 2.24. The topological polar surface area (TPSA) is 66.4 Å². The fourth-order valence-electron chi connectivity index (χ4n) is 1.65. The summed E-state index contributed by atoms with van der Waals surface area (Å²) in [5, 5.41) is 12.2. The molecule has 0 aliphatic carbocycles.